The summed E-state index contributed by atoms with van der Waals surface area (Å²) in [6.07, 6.45) is 0. The van der Waals surface area contributed by atoms with Crippen LogP contribution in [-0.4, -0.2) is 34.7 Å². The molecule has 0 amide bonds. The molecule has 1 saturated heterocycles. The largest absolute Gasteiger partial charge is 0.496 e. The summed E-state index contributed by atoms with van der Waals surface area (Å²) >= 11 is 0. The Labute approximate surface area is 101 Å². The molecule has 0 aliphatic carbocycles. The average molecular weight is 256 g/mol. The predicted octanol–water partition coefficient (Wildman–Crippen LogP) is 0.254. The molecule has 0 radical (unpaired) electrons. The van der Waals surface area contributed by atoms with E-state index in [0.717, 1.165) is 5.56 Å². The highest BCUT2D eigenvalue weighted by molar-refractivity contribution is 7.89. The van der Waals surface area contributed by atoms with Crippen LogP contribution in [0.3, 0.4) is 0 Å². The van der Waals surface area contributed by atoms with Gasteiger partial charge in [0.1, 0.15) is 5.75 Å². The van der Waals surface area contributed by atoms with Crippen molar-refractivity contribution in [2.45, 2.75) is 17.9 Å². The molecular weight excluding hydrogens is 240 g/mol. The highest BCUT2D eigenvalue weighted by Gasteiger charge is 2.24. The van der Waals surface area contributed by atoms with Crippen LogP contribution in [0.1, 0.15) is 5.56 Å². The molecule has 0 unspecified atom stereocenters. The van der Waals surface area contributed by atoms with E-state index in [2.05, 4.69) is 10.0 Å². The molecule has 5 nitrogen and oxygen atoms in total. The van der Waals surface area contributed by atoms with Crippen LogP contribution in [0.4, 0.5) is 0 Å². The summed E-state index contributed by atoms with van der Waals surface area (Å²) in [7, 11) is -1.85. The Kier molecular flexibility index (Phi) is 3.37. The molecule has 1 aromatic carbocycles. The zero-order valence-electron chi connectivity index (χ0n) is 9.86. The van der Waals surface area contributed by atoms with Crippen molar-refractivity contribution in [3.05, 3.63) is 23.8 Å². The average Bonchev–Trinajstić information content (AvgIpc) is 2.23. The lowest BCUT2D eigenvalue weighted by atomic mass is 10.2. The summed E-state index contributed by atoms with van der Waals surface area (Å²) in [4.78, 5) is 0.280. The third kappa shape index (κ3) is 2.59. The molecule has 1 heterocycles. The number of sulfonamides is 1. The molecule has 1 aliphatic rings. The Morgan fingerprint density at radius 1 is 1.41 bits per heavy atom. The van der Waals surface area contributed by atoms with Gasteiger partial charge in [0.2, 0.25) is 10.0 Å². The number of nitrogens with one attached hydrogen (secondary N) is 2. The molecule has 94 valence electrons. The molecule has 17 heavy (non-hydrogen) atoms. The van der Waals surface area contributed by atoms with E-state index in [1.807, 2.05) is 6.92 Å². The van der Waals surface area contributed by atoms with E-state index in [4.69, 9.17) is 4.74 Å². The van der Waals surface area contributed by atoms with Crippen molar-refractivity contribution in [2.24, 2.45) is 0 Å². The molecule has 6 heteroatoms. The third-order valence-electron chi connectivity index (χ3n) is 2.78. The van der Waals surface area contributed by atoms with E-state index in [1.54, 1.807) is 25.3 Å². The Balaban J connectivity index is 2.23. The third-order valence-corrected chi connectivity index (χ3v) is 4.30. The van der Waals surface area contributed by atoms with Gasteiger partial charge in [0.15, 0.2) is 0 Å². The maximum absolute atomic E-state index is 12.0. The summed E-state index contributed by atoms with van der Waals surface area (Å²) < 4.78 is 31.8. The molecule has 0 saturated carbocycles. The molecule has 1 aliphatic heterocycles. The molecule has 1 aromatic rings. The van der Waals surface area contributed by atoms with Crippen LogP contribution in [0.5, 0.6) is 5.75 Å². The predicted molar refractivity (Wildman–Crippen MR) is 64.7 cm³/mol. The quantitative estimate of drug-likeness (QED) is 0.810. The standard InChI is InChI=1S/C11H16N2O3S/c1-8-5-10(3-4-11(8)16-2)17(14,15)13-9-6-12-7-9/h3-5,9,12-13H,6-7H2,1-2H3. The van der Waals surface area contributed by atoms with Gasteiger partial charge in [-0.25, -0.2) is 13.1 Å². The van der Waals surface area contributed by atoms with Gasteiger partial charge in [0.05, 0.1) is 12.0 Å². The number of hydrogen-bond acceptors (Lipinski definition) is 4. The van der Waals surface area contributed by atoms with Gasteiger partial charge < -0.3 is 10.1 Å². The molecule has 0 aromatic heterocycles. The van der Waals surface area contributed by atoms with E-state index in [0.29, 0.717) is 18.8 Å². The fourth-order valence-electron chi connectivity index (χ4n) is 1.68. The van der Waals surface area contributed by atoms with E-state index >= 15 is 0 Å². The monoisotopic (exact) mass is 256 g/mol. The van der Waals surface area contributed by atoms with Gasteiger partial charge >= 0.3 is 0 Å². The van der Waals surface area contributed by atoms with Crippen LogP contribution in [0.2, 0.25) is 0 Å². The van der Waals surface area contributed by atoms with Crippen molar-refractivity contribution >= 4 is 10.0 Å². The number of methoxy groups -OCH3 is 1. The Hall–Kier alpha value is -1.11. The molecule has 0 bridgehead atoms. The van der Waals surface area contributed by atoms with E-state index < -0.39 is 10.0 Å². The van der Waals surface area contributed by atoms with Crippen LogP contribution < -0.4 is 14.8 Å². The van der Waals surface area contributed by atoms with Crippen LogP contribution in [0.25, 0.3) is 0 Å². The summed E-state index contributed by atoms with van der Waals surface area (Å²) in [5, 5.41) is 3.02. The first-order chi connectivity index (χ1) is 8.03. The van der Waals surface area contributed by atoms with E-state index in [9.17, 15) is 8.42 Å². The minimum atomic E-state index is -3.41. The normalized spacial score (nSPS) is 16.6. The highest BCUT2D eigenvalue weighted by atomic mass is 32.2. The topological polar surface area (TPSA) is 67.4 Å². The molecule has 0 spiro atoms. The van der Waals surface area contributed by atoms with Gasteiger partial charge in [-0.2, -0.15) is 0 Å². The number of hydrogen-bond donors (Lipinski definition) is 2. The lowest BCUT2D eigenvalue weighted by Gasteiger charge is -2.27. The van der Waals surface area contributed by atoms with Crippen molar-refractivity contribution in [3.63, 3.8) is 0 Å². The number of benzene rings is 1. The summed E-state index contributed by atoms with van der Waals surface area (Å²) in [6, 6.07) is 4.85. The van der Waals surface area contributed by atoms with Crippen molar-refractivity contribution in [2.75, 3.05) is 20.2 Å². The number of rotatable bonds is 4. The van der Waals surface area contributed by atoms with Gasteiger partial charge in [-0.1, -0.05) is 0 Å². The Bertz CT molecular complexity index is 509. The minimum Gasteiger partial charge on any atom is -0.496 e. The zero-order chi connectivity index (χ0) is 12.5. The molecular formula is C11H16N2O3S. The second kappa shape index (κ2) is 4.64. The van der Waals surface area contributed by atoms with Gasteiger partial charge in [-0.15, -0.1) is 0 Å². The fourth-order valence-corrected chi connectivity index (χ4v) is 3.00. The van der Waals surface area contributed by atoms with E-state index in [-0.39, 0.29) is 10.9 Å². The SMILES string of the molecule is COc1ccc(S(=O)(=O)NC2CNC2)cc1C. The maximum atomic E-state index is 12.0. The van der Waals surface area contributed by atoms with Gasteiger partial charge in [-0.3, -0.25) is 0 Å². The molecule has 1 fully saturated rings. The van der Waals surface area contributed by atoms with Crippen LogP contribution >= 0.6 is 0 Å². The van der Waals surface area contributed by atoms with Crippen molar-refractivity contribution in [1.82, 2.24) is 10.0 Å². The molecule has 2 rings (SSSR count). The van der Waals surface area contributed by atoms with Gasteiger partial charge in [0.25, 0.3) is 0 Å². The van der Waals surface area contributed by atoms with Crippen LogP contribution in [0.15, 0.2) is 23.1 Å². The summed E-state index contributed by atoms with van der Waals surface area (Å²) in [5.41, 5.74) is 0.808. The Morgan fingerprint density at radius 3 is 2.59 bits per heavy atom. The number of aryl methyl sites for hydroxylation is 1. The smallest absolute Gasteiger partial charge is 0.240 e. The van der Waals surface area contributed by atoms with Crippen LogP contribution in [-0.2, 0) is 10.0 Å². The fraction of sp³-hybridized carbons (Fsp3) is 0.455. The summed E-state index contributed by atoms with van der Waals surface area (Å²) in [6.45, 7) is 3.20. The van der Waals surface area contributed by atoms with Crippen molar-refractivity contribution < 1.29 is 13.2 Å². The number of ether oxygens (including phenoxy) is 1. The lowest BCUT2D eigenvalue weighted by Crippen LogP contribution is -2.56. The van der Waals surface area contributed by atoms with Crippen molar-refractivity contribution in [1.29, 1.82) is 0 Å². The van der Waals surface area contributed by atoms with Gasteiger partial charge in [-0.05, 0) is 30.7 Å². The molecule has 0 atom stereocenters. The van der Waals surface area contributed by atoms with Crippen molar-refractivity contribution in [3.8, 4) is 5.75 Å². The van der Waals surface area contributed by atoms with Crippen LogP contribution in [0, 0.1) is 6.92 Å². The maximum Gasteiger partial charge on any atom is 0.240 e. The van der Waals surface area contributed by atoms with E-state index in [1.165, 1.54) is 0 Å². The second-order valence-corrected chi connectivity index (χ2v) is 5.82. The van der Waals surface area contributed by atoms with Gasteiger partial charge in [0, 0.05) is 19.1 Å². The summed E-state index contributed by atoms with van der Waals surface area (Å²) in [5.74, 6) is 0.689. The molecule has 2 N–H and O–H groups in total. The minimum absolute atomic E-state index is 0.00223. The lowest BCUT2D eigenvalue weighted by molar-refractivity contribution is 0.408. The second-order valence-electron chi connectivity index (χ2n) is 4.11. The first-order valence-electron chi connectivity index (χ1n) is 5.40. The Morgan fingerprint density at radius 2 is 2.12 bits per heavy atom. The first kappa shape index (κ1) is 12.3. The zero-order valence-corrected chi connectivity index (χ0v) is 10.7. The first-order valence-corrected chi connectivity index (χ1v) is 6.89. The highest BCUT2D eigenvalue weighted by Crippen LogP contribution is 2.21.